The highest BCUT2D eigenvalue weighted by Gasteiger charge is 2.11. The Labute approximate surface area is 111 Å². The van der Waals surface area contributed by atoms with Gasteiger partial charge in [-0.25, -0.2) is 0 Å². The summed E-state index contributed by atoms with van der Waals surface area (Å²) < 4.78 is 5.21. The molecule has 4 nitrogen and oxygen atoms in total. The molecule has 0 amide bonds. The highest BCUT2D eigenvalue weighted by Crippen LogP contribution is 2.25. The fourth-order valence-electron chi connectivity index (χ4n) is 1.60. The molecule has 0 spiro atoms. The third-order valence-electron chi connectivity index (χ3n) is 2.84. The number of hydrogen-bond donors (Lipinski definition) is 1. The minimum Gasteiger partial charge on any atom is -0.339 e. The number of benzene rings is 1. The van der Waals surface area contributed by atoms with Gasteiger partial charge in [0.15, 0.2) is 0 Å². The third-order valence-corrected chi connectivity index (χ3v) is 3.17. The zero-order chi connectivity index (χ0) is 13.0. The second-order valence-electron chi connectivity index (χ2n) is 4.37. The van der Waals surface area contributed by atoms with Crippen LogP contribution in [-0.2, 0) is 6.42 Å². The fourth-order valence-corrected chi connectivity index (χ4v) is 1.82. The van der Waals surface area contributed by atoms with Crippen molar-refractivity contribution in [3.63, 3.8) is 0 Å². The highest BCUT2D eigenvalue weighted by molar-refractivity contribution is 6.33. The number of hydrogen-bond acceptors (Lipinski definition) is 4. The first kappa shape index (κ1) is 13.1. The van der Waals surface area contributed by atoms with E-state index in [0.717, 1.165) is 18.4 Å². The monoisotopic (exact) mass is 265 g/mol. The Balaban J connectivity index is 2.09. The lowest BCUT2D eigenvalue weighted by atomic mass is 10.1. The average molecular weight is 266 g/mol. The predicted molar refractivity (Wildman–Crippen MR) is 71.3 cm³/mol. The van der Waals surface area contributed by atoms with Crippen molar-refractivity contribution >= 4 is 11.6 Å². The normalized spacial score (nSPS) is 12.6. The molecule has 0 aliphatic rings. The van der Waals surface area contributed by atoms with E-state index in [1.165, 1.54) is 0 Å². The maximum absolute atomic E-state index is 6.08. The lowest BCUT2D eigenvalue weighted by Crippen LogP contribution is -2.11. The van der Waals surface area contributed by atoms with E-state index in [2.05, 4.69) is 17.1 Å². The van der Waals surface area contributed by atoms with Gasteiger partial charge in [-0.05, 0) is 31.0 Å². The second kappa shape index (κ2) is 5.98. The zero-order valence-corrected chi connectivity index (χ0v) is 11.0. The smallest absolute Gasteiger partial charge is 0.226 e. The molecule has 0 bridgehead atoms. The van der Waals surface area contributed by atoms with Crippen molar-refractivity contribution in [1.29, 1.82) is 0 Å². The maximum atomic E-state index is 6.08. The number of aromatic nitrogens is 2. The molecule has 2 N–H and O–H groups in total. The molecule has 1 atom stereocenters. The summed E-state index contributed by atoms with van der Waals surface area (Å²) in [5.74, 6) is 1.63. The number of aryl methyl sites for hydroxylation is 1. The minimum absolute atomic E-state index is 0.459. The fraction of sp³-hybridized carbons (Fsp3) is 0.385. The molecule has 1 aromatic heterocycles. The summed E-state index contributed by atoms with van der Waals surface area (Å²) in [4.78, 5) is 4.34. The van der Waals surface area contributed by atoms with Gasteiger partial charge >= 0.3 is 0 Å². The molecular formula is C13H16ClN3O. The van der Waals surface area contributed by atoms with Crippen LogP contribution in [0.5, 0.6) is 0 Å². The second-order valence-corrected chi connectivity index (χ2v) is 4.78. The van der Waals surface area contributed by atoms with Gasteiger partial charge in [0, 0.05) is 12.0 Å². The Kier molecular flexibility index (Phi) is 4.33. The van der Waals surface area contributed by atoms with Crippen LogP contribution in [0.15, 0.2) is 28.8 Å². The van der Waals surface area contributed by atoms with Gasteiger partial charge in [-0.15, -0.1) is 0 Å². The van der Waals surface area contributed by atoms with E-state index < -0.39 is 0 Å². The highest BCUT2D eigenvalue weighted by atomic mass is 35.5. The zero-order valence-electron chi connectivity index (χ0n) is 10.3. The quantitative estimate of drug-likeness (QED) is 0.903. The lowest BCUT2D eigenvalue weighted by Gasteiger charge is -2.03. The summed E-state index contributed by atoms with van der Waals surface area (Å²) >= 11 is 6.08. The average Bonchev–Trinajstić information content (AvgIpc) is 2.85. The third kappa shape index (κ3) is 3.09. The van der Waals surface area contributed by atoms with Gasteiger partial charge in [0.2, 0.25) is 11.7 Å². The Hall–Kier alpha value is -1.39. The Morgan fingerprint density at radius 3 is 2.89 bits per heavy atom. The maximum Gasteiger partial charge on any atom is 0.226 e. The molecule has 2 rings (SSSR count). The SMILES string of the molecule is CC(CN)CCc1nc(-c2ccccc2Cl)no1. The van der Waals surface area contributed by atoms with Crippen LogP contribution in [0.2, 0.25) is 5.02 Å². The van der Waals surface area contributed by atoms with Crippen LogP contribution in [0.1, 0.15) is 19.2 Å². The molecule has 18 heavy (non-hydrogen) atoms. The number of rotatable bonds is 5. The van der Waals surface area contributed by atoms with Crippen molar-refractivity contribution in [2.24, 2.45) is 11.7 Å². The van der Waals surface area contributed by atoms with Crippen molar-refractivity contribution in [2.75, 3.05) is 6.54 Å². The van der Waals surface area contributed by atoms with E-state index in [4.69, 9.17) is 21.9 Å². The van der Waals surface area contributed by atoms with Crippen molar-refractivity contribution in [3.05, 3.63) is 35.2 Å². The predicted octanol–water partition coefficient (Wildman–Crippen LogP) is 2.92. The summed E-state index contributed by atoms with van der Waals surface area (Å²) in [5.41, 5.74) is 6.36. The largest absolute Gasteiger partial charge is 0.339 e. The van der Waals surface area contributed by atoms with Crippen LogP contribution in [0.25, 0.3) is 11.4 Å². The van der Waals surface area contributed by atoms with Gasteiger partial charge < -0.3 is 10.3 Å². The number of nitrogens with zero attached hydrogens (tertiary/aromatic N) is 2. The van der Waals surface area contributed by atoms with Crippen molar-refractivity contribution in [1.82, 2.24) is 10.1 Å². The minimum atomic E-state index is 0.459. The van der Waals surface area contributed by atoms with Crippen LogP contribution in [0.4, 0.5) is 0 Å². The van der Waals surface area contributed by atoms with E-state index in [-0.39, 0.29) is 0 Å². The summed E-state index contributed by atoms with van der Waals surface area (Å²) in [5, 5.41) is 4.57. The van der Waals surface area contributed by atoms with Crippen molar-refractivity contribution in [2.45, 2.75) is 19.8 Å². The molecule has 5 heteroatoms. The van der Waals surface area contributed by atoms with Crippen LogP contribution in [0, 0.1) is 5.92 Å². The van der Waals surface area contributed by atoms with E-state index in [1.807, 2.05) is 24.3 Å². The molecule has 0 fully saturated rings. The van der Waals surface area contributed by atoms with Crippen LogP contribution in [0.3, 0.4) is 0 Å². The molecule has 2 aromatic rings. The van der Waals surface area contributed by atoms with Crippen LogP contribution < -0.4 is 5.73 Å². The molecule has 0 aliphatic heterocycles. The van der Waals surface area contributed by atoms with Gasteiger partial charge in [-0.1, -0.05) is 35.8 Å². The summed E-state index contributed by atoms with van der Waals surface area (Å²) in [6.07, 6.45) is 1.69. The van der Waals surface area contributed by atoms with E-state index in [1.54, 1.807) is 0 Å². The first-order valence-corrected chi connectivity index (χ1v) is 6.36. The Bertz CT molecular complexity index is 512. The molecule has 1 unspecified atom stereocenters. The molecule has 1 heterocycles. The van der Waals surface area contributed by atoms with Gasteiger partial charge in [0.05, 0.1) is 5.02 Å². The number of nitrogens with two attached hydrogens (primary N) is 1. The first-order chi connectivity index (χ1) is 8.70. The van der Waals surface area contributed by atoms with Crippen molar-refractivity contribution < 1.29 is 4.52 Å². The van der Waals surface area contributed by atoms with Crippen molar-refractivity contribution in [3.8, 4) is 11.4 Å². The van der Waals surface area contributed by atoms with E-state index in [0.29, 0.717) is 29.2 Å². The molecular weight excluding hydrogens is 250 g/mol. The first-order valence-electron chi connectivity index (χ1n) is 5.98. The van der Waals surface area contributed by atoms with E-state index in [9.17, 15) is 0 Å². The lowest BCUT2D eigenvalue weighted by molar-refractivity contribution is 0.366. The Morgan fingerprint density at radius 1 is 1.39 bits per heavy atom. The molecule has 0 saturated heterocycles. The van der Waals surface area contributed by atoms with Gasteiger partial charge in [-0.2, -0.15) is 4.98 Å². The summed E-state index contributed by atoms with van der Waals surface area (Å²) in [6.45, 7) is 2.77. The van der Waals surface area contributed by atoms with Gasteiger partial charge in [0.25, 0.3) is 0 Å². The molecule has 1 aromatic carbocycles. The topological polar surface area (TPSA) is 64.9 Å². The standard InChI is InChI=1S/C13H16ClN3O/c1-9(8-15)6-7-12-16-13(17-18-12)10-4-2-3-5-11(10)14/h2-5,9H,6-8,15H2,1H3. The van der Waals surface area contributed by atoms with Gasteiger partial charge in [-0.3, -0.25) is 0 Å². The van der Waals surface area contributed by atoms with Crippen LogP contribution >= 0.6 is 11.6 Å². The van der Waals surface area contributed by atoms with Crippen LogP contribution in [-0.4, -0.2) is 16.7 Å². The molecule has 0 aliphatic carbocycles. The molecule has 0 saturated carbocycles. The molecule has 96 valence electrons. The van der Waals surface area contributed by atoms with E-state index >= 15 is 0 Å². The Morgan fingerprint density at radius 2 is 2.17 bits per heavy atom. The number of halogens is 1. The van der Waals surface area contributed by atoms with Gasteiger partial charge in [0.1, 0.15) is 0 Å². The molecule has 0 radical (unpaired) electrons. The summed E-state index contributed by atoms with van der Waals surface area (Å²) in [6, 6.07) is 7.45. The summed E-state index contributed by atoms with van der Waals surface area (Å²) in [7, 11) is 0.